The van der Waals surface area contributed by atoms with Crippen LogP contribution in [0.1, 0.15) is 56.2 Å². The molecule has 7 nitrogen and oxygen atoms in total. The highest BCUT2D eigenvalue weighted by molar-refractivity contribution is 7.81. The number of thiocarbonyl (C=S) groups is 1. The van der Waals surface area contributed by atoms with E-state index in [9.17, 15) is 18.0 Å². The summed E-state index contributed by atoms with van der Waals surface area (Å²) in [7, 11) is 2.19. The molecule has 2 aromatic rings. The summed E-state index contributed by atoms with van der Waals surface area (Å²) in [4.78, 5) is 22.6. The Kier molecular flexibility index (Phi) is 5.88. The molecule has 1 unspecified atom stereocenters. The van der Waals surface area contributed by atoms with Crippen molar-refractivity contribution in [1.29, 1.82) is 5.26 Å². The number of hydrogen-bond acceptors (Lipinski definition) is 6. The number of benzene rings is 1. The first-order valence-corrected chi connectivity index (χ1v) is 13.2. The van der Waals surface area contributed by atoms with Crippen LogP contribution in [0.5, 0.6) is 5.75 Å². The average molecular weight is 542 g/mol. The quantitative estimate of drug-likeness (QED) is 0.503. The molecule has 1 spiro atoms. The highest BCUT2D eigenvalue weighted by Gasteiger charge is 2.59. The summed E-state index contributed by atoms with van der Waals surface area (Å²) in [6.45, 7) is 0. The number of amides is 1. The molecule has 1 aliphatic carbocycles. The summed E-state index contributed by atoms with van der Waals surface area (Å²) >= 11 is 5.68. The lowest BCUT2D eigenvalue weighted by atomic mass is 9.75. The number of halogens is 3. The Balaban J connectivity index is 1.27. The molecule has 3 atom stereocenters. The van der Waals surface area contributed by atoms with Gasteiger partial charge < -0.3 is 14.5 Å². The maximum atomic E-state index is 13.6. The van der Waals surface area contributed by atoms with Crippen molar-refractivity contribution < 1.29 is 22.7 Å². The Bertz CT molecular complexity index is 1320. The molecule has 4 fully saturated rings. The van der Waals surface area contributed by atoms with E-state index in [0.717, 1.165) is 42.2 Å². The first kappa shape index (κ1) is 25.1. The van der Waals surface area contributed by atoms with E-state index in [4.69, 9.17) is 22.2 Å². The van der Waals surface area contributed by atoms with E-state index in [1.807, 2.05) is 24.3 Å². The standard InChI is InChI=1S/C27H26F3N5O2S/c1-33-17-3-4-18(33)12-21(11-17)37-20-7-5-16(6-8-20)35-25(38)34(24(36)26(35)9-2-10-26)19-13-22(27(28,29)30)23(14-31)32-15-19/h5-8,13,15,17-18,21H,2-4,9-12H2,1H3/t17-,18+,21?. The fourth-order valence-corrected chi connectivity index (χ4v) is 6.88. The van der Waals surface area contributed by atoms with Crippen molar-refractivity contribution in [3.8, 4) is 11.8 Å². The summed E-state index contributed by atoms with van der Waals surface area (Å²) in [5.41, 5.74) is -2.31. The normalized spacial score (nSPS) is 26.6. The average Bonchev–Trinajstić information content (AvgIpc) is 3.20. The van der Waals surface area contributed by atoms with Gasteiger partial charge in [0.25, 0.3) is 5.91 Å². The molecule has 4 heterocycles. The predicted molar refractivity (Wildman–Crippen MR) is 138 cm³/mol. The molecule has 198 valence electrons. The van der Waals surface area contributed by atoms with Gasteiger partial charge in [0.1, 0.15) is 23.5 Å². The zero-order chi connectivity index (χ0) is 26.8. The van der Waals surface area contributed by atoms with Crippen LogP contribution in [0.2, 0.25) is 0 Å². The maximum Gasteiger partial charge on any atom is 0.419 e. The van der Waals surface area contributed by atoms with Crippen LogP contribution in [0.3, 0.4) is 0 Å². The molecule has 3 saturated heterocycles. The van der Waals surface area contributed by atoms with E-state index in [-0.39, 0.29) is 22.8 Å². The third-order valence-electron chi connectivity index (χ3n) is 8.59. The number of alkyl halides is 3. The third kappa shape index (κ3) is 3.84. The minimum atomic E-state index is -4.80. The van der Waals surface area contributed by atoms with Gasteiger partial charge in [0.2, 0.25) is 0 Å². The van der Waals surface area contributed by atoms with E-state index >= 15 is 0 Å². The highest BCUT2D eigenvalue weighted by atomic mass is 32.1. The van der Waals surface area contributed by atoms with Crippen molar-refractivity contribution in [2.45, 2.75) is 74.8 Å². The van der Waals surface area contributed by atoms with E-state index in [1.165, 1.54) is 18.9 Å². The first-order chi connectivity index (χ1) is 18.1. The summed E-state index contributed by atoms with van der Waals surface area (Å²) in [6, 6.07) is 10.8. The first-order valence-electron chi connectivity index (χ1n) is 12.8. The van der Waals surface area contributed by atoms with Crippen molar-refractivity contribution in [3.63, 3.8) is 0 Å². The van der Waals surface area contributed by atoms with Crippen LogP contribution in [0.15, 0.2) is 36.5 Å². The fraction of sp³-hybridized carbons (Fsp3) is 0.481. The molecule has 2 bridgehead atoms. The number of ether oxygens (including phenoxy) is 1. The second kappa shape index (κ2) is 8.92. The number of carbonyl (C=O) groups is 1. The Morgan fingerprint density at radius 2 is 1.79 bits per heavy atom. The van der Waals surface area contributed by atoms with Crippen LogP contribution in [0, 0.1) is 11.3 Å². The molecule has 4 aliphatic rings. The molecule has 6 rings (SSSR count). The Labute approximate surface area is 223 Å². The number of aromatic nitrogens is 1. The van der Waals surface area contributed by atoms with Crippen LogP contribution >= 0.6 is 12.2 Å². The van der Waals surface area contributed by atoms with Gasteiger partial charge in [-0.3, -0.25) is 9.69 Å². The molecule has 1 aromatic heterocycles. The van der Waals surface area contributed by atoms with Crippen LogP contribution in [-0.4, -0.2) is 51.7 Å². The van der Waals surface area contributed by atoms with Gasteiger partial charge in [0, 0.05) is 17.8 Å². The predicted octanol–water partition coefficient (Wildman–Crippen LogP) is 5.04. The van der Waals surface area contributed by atoms with Gasteiger partial charge in [0.05, 0.1) is 17.4 Å². The Morgan fingerprint density at radius 3 is 2.34 bits per heavy atom. The minimum Gasteiger partial charge on any atom is -0.490 e. The van der Waals surface area contributed by atoms with Crippen LogP contribution in [-0.2, 0) is 11.0 Å². The summed E-state index contributed by atoms with van der Waals surface area (Å²) in [6.07, 6.45) is 2.74. The van der Waals surface area contributed by atoms with Gasteiger partial charge >= 0.3 is 6.18 Å². The highest BCUT2D eigenvalue weighted by Crippen LogP contribution is 2.48. The topological polar surface area (TPSA) is 72.7 Å². The summed E-state index contributed by atoms with van der Waals surface area (Å²) < 4.78 is 47.1. The molecular weight excluding hydrogens is 515 g/mol. The minimum absolute atomic E-state index is 0.0925. The molecule has 1 aromatic carbocycles. The van der Waals surface area contributed by atoms with Crippen LogP contribution in [0.25, 0.3) is 0 Å². The van der Waals surface area contributed by atoms with Crippen molar-refractivity contribution >= 4 is 34.6 Å². The van der Waals surface area contributed by atoms with E-state index in [1.54, 1.807) is 4.90 Å². The van der Waals surface area contributed by atoms with Gasteiger partial charge in [-0.1, -0.05) is 0 Å². The monoisotopic (exact) mass is 541 g/mol. The SMILES string of the molecule is CN1[C@@H]2CC[C@H]1CC(Oc1ccc(N3C(=S)N(c4cnc(C#N)c(C(F)(F)F)c4)C(=O)C34CCC4)cc1)C2. The maximum absolute atomic E-state index is 13.6. The number of pyridine rings is 1. The Hall–Kier alpha value is -3.23. The lowest BCUT2D eigenvalue weighted by molar-refractivity contribution is -0.138. The van der Waals surface area contributed by atoms with Crippen LogP contribution < -0.4 is 14.5 Å². The molecule has 0 radical (unpaired) electrons. The van der Waals surface area contributed by atoms with E-state index in [2.05, 4.69) is 16.9 Å². The smallest absolute Gasteiger partial charge is 0.419 e. The van der Waals surface area contributed by atoms with Gasteiger partial charge in [-0.15, -0.1) is 0 Å². The second-order valence-corrected chi connectivity index (χ2v) is 11.0. The molecule has 1 amide bonds. The van der Waals surface area contributed by atoms with Crippen molar-refractivity contribution in [3.05, 3.63) is 47.8 Å². The molecular formula is C27H26F3N5O2S. The van der Waals surface area contributed by atoms with Crippen molar-refractivity contribution in [2.24, 2.45) is 0 Å². The van der Waals surface area contributed by atoms with Gasteiger partial charge in [-0.25, -0.2) is 4.98 Å². The van der Waals surface area contributed by atoms with Crippen LogP contribution in [0.4, 0.5) is 24.5 Å². The zero-order valence-electron chi connectivity index (χ0n) is 20.7. The largest absolute Gasteiger partial charge is 0.490 e. The number of carbonyl (C=O) groups excluding carboxylic acids is 1. The van der Waals surface area contributed by atoms with Gasteiger partial charge in [-0.2, -0.15) is 18.4 Å². The molecule has 3 aliphatic heterocycles. The molecule has 38 heavy (non-hydrogen) atoms. The number of piperidine rings is 1. The van der Waals surface area contributed by atoms with E-state index < -0.39 is 23.0 Å². The van der Waals surface area contributed by atoms with Gasteiger partial charge in [-0.05, 0) is 94.5 Å². The lowest BCUT2D eigenvalue weighted by Gasteiger charge is -2.43. The molecule has 1 saturated carbocycles. The fourth-order valence-electron chi connectivity index (χ4n) is 6.41. The van der Waals surface area contributed by atoms with Crippen molar-refractivity contribution in [1.82, 2.24) is 9.88 Å². The lowest BCUT2D eigenvalue weighted by Crippen LogP contribution is -2.55. The molecule has 0 N–H and O–H groups in total. The number of anilines is 2. The number of nitriles is 1. The van der Waals surface area contributed by atoms with Crippen molar-refractivity contribution in [2.75, 3.05) is 16.8 Å². The number of rotatable bonds is 4. The molecule has 11 heteroatoms. The number of nitrogens with zero attached hydrogens (tertiary/aromatic N) is 5. The van der Waals surface area contributed by atoms with Gasteiger partial charge in [0.15, 0.2) is 10.8 Å². The summed E-state index contributed by atoms with van der Waals surface area (Å²) in [5, 5.41) is 9.18. The Morgan fingerprint density at radius 1 is 1.13 bits per heavy atom. The summed E-state index contributed by atoms with van der Waals surface area (Å²) in [5.74, 6) is 0.361. The second-order valence-electron chi connectivity index (χ2n) is 10.6. The van der Waals surface area contributed by atoms with E-state index in [0.29, 0.717) is 30.6 Å². The third-order valence-corrected chi connectivity index (χ3v) is 8.95. The zero-order valence-corrected chi connectivity index (χ0v) is 21.6. The number of fused-ring (bicyclic) bond motifs is 2. The number of hydrogen-bond donors (Lipinski definition) is 0.